The molecule has 0 radical (unpaired) electrons. The molecule has 28 heavy (non-hydrogen) atoms. The van der Waals surface area contributed by atoms with Gasteiger partial charge in [0.25, 0.3) is 0 Å². The van der Waals surface area contributed by atoms with Crippen molar-refractivity contribution in [3.05, 3.63) is 66.1 Å². The van der Waals surface area contributed by atoms with Crippen LogP contribution in [-0.2, 0) is 13.0 Å². The number of methoxy groups -OCH3 is 1. The summed E-state index contributed by atoms with van der Waals surface area (Å²) in [4.78, 5) is 4.08. The molecule has 4 rings (SSSR count). The van der Waals surface area contributed by atoms with E-state index in [1.165, 1.54) is 5.56 Å². The van der Waals surface area contributed by atoms with Crippen molar-refractivity contribution in [2.45, 2.75) is 39.3 Å². The van der Waals surface area contributed by atoms with E-state index in [1.807, 2.05) is 36.7 Å². The molecule has 0 bridgehead atoms. The van der Waals surface area contributed by atoms with Gasteiger partial charge in [-0.25, -0.2) is 0 Å². The first-order valence-electron chi connectivity index (χ1n) is 9.78. The number of hydrogen-bond acceptors (Lipinski definition) is 5. The van der Waals surface area contributed by atoms with Crippen molar-refractivity contribution in [3.63, 3.8) is 0 Å². The van der Waals surface area contributed by atoms with Gasteiger partial charge in [0.1, 0.15) is 5.75 Å². The van der Waals surface area contributed by atoms with Crippen molar-refractivity contribution in [1.29, 1.82) is 0 Å². The lowest BCUT2D eigenvalue weighted by molar-refractivity contribution is 0.0125. The van der Waals surface area contributed by atoms with Crippen LogP contribution in [0.15, 0.2) is 59.4 Å². The fourth-order valence-corrected chi connectivity index (χ4v) is 4.00. The van der Waals surface area contributed by atoms with Gasteiger partial charge >= 0.3 is 0 Å². The lowest BCUT2D eigenvalue weighted by atomic mass is 9.57. The minimum absolute atomic E-state index is 0.228. The maximum absolute atomic E-state index is 5.58. The lowest BCUT2D eigenvalue weighted by Gasteiger charge is -2.52. The van der Waals surface area contributed by atoms with Crippen LogP contribution in [0.3, 0.4) is 0 Å². The van der Waals surface area contributed by atoms with Crippen molar-refractivity contribution in [3.8, 4) is 17.1 Å². The van der Waals surface area contributed by atoms with Crippen LogP contribution >= 0.6 is 0 Å². The molecule has 3 aromatic rings. The zero-order valence-electron chi connectivity index (χ0n) is 16.7. The molecule has 1 saturated carbocycles. The first-order chi connectivity index (χ1) is 13.6. The molecule has 0 unspecified atom stereocenters. The molecule has 2 aromatic heterocycles. The zero-order valence-corrected chi connectivity index (χ0v) is 16.7. The quantitative estimate of drug-likeness (QED) is 0.657. The number of nitrogens with one attached hydrogen (secondary N) is 1. The molecule has 2 atom stereocenters. The minimum atomic E-state index is 0.228. The van der Waals surface area contributed by atoms with Crippen LogP contribution in [0, 0.1) is 11.3 Å². The Kier molecular flexibility index (Phi) is 5.18. The molecule has 1 N–H and O–H groups in total. The molecule has 1 aliphatic carbocycles. The van der Waals surface area contributed by atoms with E-state index in [0.717, 1.165) is 42.2 Å². The monoisotopic (exact) mass is 377 g/mol. The average Bonchev–Trinajstić information content (AvgIpc) is 3.19. The topological polar surface area (TPSA) is 60.2 Å². The highest BCUT2D eigenvalue weighted by atomic mass is 16.5. The molecule has 2 heterocycles. The first kappa shape index (κ1) is 18.7. The van der Waals surface area contributed by atoms with Crippen LogP contribution < -0.4 is 10.1 Å². The molecule has 0 spiro atoms. The number of hydrogen-bond donors (Lipinski definition) is 1. The van der Waals surface area contributed by atoms with Gasteiger partial charge in [0.15, 0.2) is 5.76 Å². The second-order valence-electron chi connectivity index (χ2n) is 8.16. The molecule has 5 heteroatoms. The van der Waals surface area contributed by atoms with Crippen molar-refractivity contribution in [2.24, 2.45) is 11.3 Å². The largest absolute Gasteiger partial charge is 0.497 e. The average molecular weight is 377 g/mol. The van der Waals surface area contributed by atoms with E-state index >= 15 is 0 Å². The fourth-order valence-electron chi connectivity index (χ4n) is 4.00. The molecule has 5 nitrogen and oxygen atoms in total. The van der Waals surface area contributed by atoms with E-state index in [2.05, 4.69) is 47.5 Å². The Morgan fingerprint density at radius 1 is 1.14 bits per heavy atom. The summed E-state index contributed by atoms with van der Waals surface area (Å²) in [5.41, 5.74) is 3.54. The van der Waals surface area contributed by atoms with Crippen molar-refractivity contribution >= 4 is 0 Å². The first-order valence-corrected chi connectivity index (χ1v) is 9.78. The Bertz CT molecular complexity index is 903. The Labute approximate surface area is 166 Å². The van der Waals surface area contributed by atoms with E-state index in [9.17, 15) is 0 Å². The Hall–Kier alpha value is -2.66. The number of nitrogens with zero attached hydrogens (tertiary/aromatic N) is 2. The predicted molar refractivity (Wildman–Crippen MR) is 109 cm³/mol. The van der Waals surface area contributed by atoms with Gasteiger partial charge in [-0.15, -0.1) is 0 Å². The van der Waals surface area contributed by atoms with Crippen LogP contribution in [-0.4, -0.2) is 23.3 Å². The molecule has 1 aliphatic rings. The molecule has 0 aliphatic heterocycles. The Balaban J connectivity index is 1.34. The summed E-state index contributed by atoms with van der Waals surface area (Å²) in [5.74, 6) is 2.24. The van der Waals surface area contributed by atoms with Gasteiger partial charge in [0.05, 0.1) is 12.8 Å². The summed E-state index contributed by atoms with van der Waals surface area (Å²) in [6.45, 7) is 5.57. The Morgan fingerprint density at radius 2 is 1.89 bits per heavy atom. The molecule has 1 fully saturated rings. The van der Waals surface area contributed by atoms with Gasteiger partial charge in [0.2, 0.25) is 0 Å². The van der Waals surface area contributed by atoms with Crippen LogP contribution in [0.25, 0.3) is 11.3 Å². The number of benzene rings is 1. The second kappa shape index (κ2) is 7.76. The molecular formula is C23H27N3O2. The molecule has 1 aromatic carbocycles. The van der Waals surface area contributed by atoms with Crippen molar-refractivity contribution < 1.29 is 9.26 Å². The number of pyridine rings is 1. The van der Waals surface area contributed by atoms with Gasteiger partial charge in [-0.1, -0.05) is 19.0 Å². The van der Waals surface area contributed by atoms with E-state index in [-0.39, 0.29) is 5.41 Å². The highest BCUT2D eigenvalue weighted by molar-refractivity contribution is 5.58. The summed E-state index contributed by atoms with van der Waals surface area (Å²) < 4.78 is 10.8. The predicted octanol–water partition coefficient (Wildman–Crippen LogP) is 4.49. The summed E-state index contributed by atoms with van der Waals surface area (Å²) in [7, 11) is 1.67. The van der Waals surface area contributed by atoms with Gasteiger partial charge < -0.3 is 14.6 Å². The summed E-state index contributed by atoms with van der Waals surface area (Å²) >= 11 is 0. The maximum atomic E-state index is 5.58. The Morgan fingerprint density at radius 3 is 2.57 bits per heavy atom. The third-order valence-corrected chi connectivity index (χ3v) is 6.16. The van der Waals surface area contributed by atoms with E-state index in [4.69, 9.17) is 9.26 Å². The van der Waals surface area contributed by atoms with Gasteiger partial charge in [0, 0.05) is 36.6 Å². The molecule has 0 amide bonds. The maximum Gasteiger partial charge on any atom is 0.167 e. The molecular weight excluding hydrogens is 350 g/mol. The zero-order chi connectivity index (χ0) is 19.6. The molecule has 0 saturated heterocycles. The van der Waals surface area contributed by atoms with Crippen LogP contribution in [0.5, 0.6) is 5.75 Å². The third-order valence-electron chi connectivity index (χ3n) is 6.16. The highest BCUT2D eigenvalue weighted by Gasteiger charge is 2.47. The highest BCUT2D eigenvalue weighted by Crippen LogP contribution is 2.48. The van der Waals surface area contributed by atoms with E-state index in [0.29, 0.717) is 12.0 Å². The number of aromatic nitrogens is 2. The van der Waals surface area contributed by atoms with Crippen molar-refractivity contribution in [2.75, 3.05) is 7.11 Å². The van der Waals surface area contributed by atoms with Crippen LogP contribution in [0.1, 0.15) is 31.5 Å². The van der Waals surface area contributed by atoms with Crippen LogP contribution in [0.2, 0.25) is 0 Å². The molecule has 146 valence electrons. The minimum Gasteiger partial charge on any atom is -0.497 e. The summed E-state index contributed by atoms with van der Waals surface area (Å²) in [6, 6.07) is 14.6. The van der Waals surface area contributed by atoms with Gasteiger partial charge in [-0.05, 0) is 66.1 Å². The third kappa shape index (κ3) is 3.80. The SMILES string of the molecule is COc1ccc(-c2cc(C[C@@H]3C[C@H](NCc4ccncc4)C3(C)C)no2)cc1. The number of rotatable bonds is 7. The smallest absolute Gasteiger partial charge is 0.167 e. The lowest BCUT2D eigenvalue weighted by Crippen LogP contribution is -2.57. The summed E-state index contributed by atoms with van der Waals surface area (Å²) in [6.07, 6.45) is 5.79. The number of ether oxygens (including phenoxy) is 1. The van der Waals surface area contributed by atoms with E-state index in [1.54, 1.807) is 7.11 Å². The second-order valence-corrected chi connectivity index (χ2v) is 8.16. The van der Waals surface area contributed by atoms with E-state index < -0.39 is 0 Å². The van der Waals surface area contributed by atoms with Crippen molar-refractivity contribution in [1.82, 2.24) is 15.5 Å². The fraction of sp³-hybridized carbons (Fsp3) is 0.391. The summed E-state index contributed by atoms with van der Waals surface area (Å²) in [5, 5.41) is 8.01. The van der Waals surface area contributed by atoms with Crippen LogP contribution in [0.4, 0.5) is 0 Å². The van der Waals surface area contributed by atoms with Gasteiger partial charge in [-0.3, -0.25) is 4.98 Å². The van der Waals surface area contributed by atoms with Gasteiger partial charge in [-0.2, -0.15) is 0 Å². The standard InChI is InChI=1S/C23H27N3O2/c1-23(2)18(13-22(23)25-15-16-8-10-24-11-9-16)12-19-14-21(28-26-19)17-4-6-20(27-3)7-5-17/h4-11,14,18,22,25H,12-13,15H2,1-3H3/t18-,22+/m1/s1. The normalized spacial score (nSPS) is 20.5.